The quantitative estimate of drug-likeness (QED) is 0.851. The van der Waals surface area contributed by atoms with Gasteiger partial charge in [0.05, 0.1) is 17.8 Å². The fraction of sp³-hybridized carbons (Fsp3) is 0.750. The summed E-state index contributed by atoms with van der Waals surface area (Å²) in [6.45, 7) is 7.71. The molecule has 1 saturated heterocycles. The second kappa shape index (κ2) is 6.28. The van der Waals surface area contributed by atoms with Crippen LogP contribution in [0.15, 0.2) is 10.9 Å². The highest BCUT2D eigenvalue weighted by Gasteiger charge is 2.23. The first-order chi connectivity index (χ1) is 10.1. The number of fused-ring (bicyclic) bond motifs is 1. The van der Waals surface area contributed by atoms with Crippen LogP contribution in [0.3, 0.4) is 0 Å². The standard InChI is InChI=1S/C16H25N3O2/c1-12(2)19-16(20)9-13-10-18(7-6-15(13)17-19)11-14-5-3-4-8-21-14/h9,12,14H,3-8,10-11H2,1-2H3/t14-/m1/s1. The van der Waals surface area contributed by atoms with Crippen LogP contribution in [0, 0.1) is 0 Å². The number of rotatable bonds is 3. The molecule has 21 heavy (non-hydrogen) atoms. The molecule has 0 unspecified atom stereocenters. The summed E-state index contributed by atoms with van der Waals surface area (Å²) in [6, 6.07) is 1.90. The zero-order valence-electron chi connectivity index (χ0n) is 13.0. The Labute approximate surface area is 125 Å². The first kappa shape index (κ1) is 14.7. The van der Waals surface area contributed by atoms with Crippen LogP contribution < -0.4 is 5.56 Å². The van der Waals surface area contributed by atoms with Crippen molar-refractivity contribution in [1.29, 1.82) is 0 Å². The van der Waals surface area contributed by atoms with E-state index in [4.69, 9.17) is 4.74 Å². The van der Waals surface area contributed by atoms with Gasteiger partial charge in [0.1, 0.15) is 0 Å². The molecule has 0 aliphatic carbocycles. The highest BCUT2D eigenvalue weighted by Crippen LogP contribution is 2.19. The fourth-order valence-corrected chi connectivity index (χ4v) is 3.24. The maximum Gasteiger partial charge on any atom is 0.267 e. The Morgan fingerprint density at radius 2 is 2.29 bits per heavy atom. The van der Waals surface area contributed by atoms with E-state index in [1.165, 1.54) is 12.8 Å². The van der Waals surface area contributed by atoms with E-state index in [1.807, 2.05) is 13.8 Å². The minimum Gasteiger partial charge on any atom is -0.377 e. The summed E-state index contributed by atoms with van der Waals surface area (Å²) in [4.78, 5) is 14.5. The van der Waals surface area contributed by atoms with Gasteiger partial charge < -0.3 is 4.74 Å². The Bertz CT molecular complexity index is 547. The molecule has 116 valence electrons. The summed E-state index contributed by atoms with van der Waals surface area (Å²) >= 11 is 0. The monoisotopic (exact) mass is 291 g/mol. The minimum absolute atomic E-state index is 0.0134. The summed E-state index contributed by atoms with van der Waals surface area (Å²) in [6.07, 6.45) is 4.92. The maximum absolute atomic E-state index is 12.1. The third-order valence-electron chi connectivity index (χ3n) is 4.41. The molecule has 5 heteroatoms. The molecular weight excluding hydrogens is 266 g/mol. The molecule has 2 aliphatic heterocycles. The second-order valence-corrected chi connectivity index (χ2v) is 6.47. The van der Waals surface area contributed by atoms with E-state index in [9.17, 15) is 4.79 Å². The van der Waals surface area contributed by atoms with Crippen molar-refractivity contribution in [2.24, 2.45) is 0 Å². The number of ether oxygens (including phenoxy) is 1. The maximum atomic E-state index is 12.1. The molecule has 1 fully saturated rings. The van der Waals surface area contributed by atoms with Gasteiger partial charge >= 0.3 is 0 Å². The molecule has 0 spiro atoms. The van der Waals surface area contributed by atoms with Crippen molar-refractivity contribution in [2.45, 2.75) is 58.2 Å². The average molecular weight is 291 g/mol. The predicted molar refractivity (Wildman–Crippen MR) is 81.5 cm³/mol. The molecule has 0 aromatic carbocycles. The SMILES string of the molecule is CC(C)n1nc2c(cc1=O)CN(C[C@H]1CCCCO1)CC2. The molecule has 5 nitrogen and oxygen atoms in total. The van der Waals surface area contributed by atoms with Crippen LogP contribution >= 0.6 is 0 Å². The molecule has 1 atom stereocenters. The summed E-state index contributed by atoms with van der Waals surface area (Å²) in [5.41, 5.74) is 2.20. The topological polar surface area (TPSA) is 47.4 Å². The van der Waals surface area contributed by atoms with Crippen molar-refractivity contribution in [2.75, 3.05) is 19.7 Å². The summed E-state index contributed by atoms with van der Waals surface area (Å²) in [5.74, 6) is 0. The lowest BCUT2D eigenvalue weighted by molar-refractivity contribution is -0.00820. The molecule has 3 heterocycles. The lowest BCUT2D eigenvalue weighted by atomic mass is 10.0. The summed E-state index contributed by atoms with van der Waals surface area (Å²) in [7, 11) is 0. The molecule has 0 radical (unpaired) electrons. The minimum atomic E-state index is 0.0134. The zero-order valence-corrected chi connectivity index (χ0v) is 13.0. The normalized spacial score (nSPS) is 23.3. The Morgan fingerprint density at radius 3 is 3.00 bits per heavy atom. The molecule has 1 aromatic rings. The van der Waals surface area contributed by atoms with Gasteiger partial charge in [-0.25, -0.2) is 4.68 Å². The van der Waals surface area contributed by atoms with Crippen molar-refractivity contribution >= 4 is 0 Å². The van der Waals surface area contributed by atoms with E-state index in [1.54, 1.807) is 10.7 Å². The van der Waals surface area contributed by atoms with Gasteiger partial charge in [-0.15, -0.1) is 0 Å². The first-order valence-electron chi connectivity index (χ1n) is 8.09. The summed E-state index contributed by atoms with van der Waals surface area (Å²) < 4.78 is 7.42. The van der Waals surface area contributed by atoms with E-state index < -0.39 is 0 Å². The van der Waals surface area contributed by atoms with Gasteiger partial charge in [-0.05, 0) is 38.7 Å². The highest BCUT2D eigenvalue weighted by molar-refractivity contribution is 5.20. The molecule has 3 rings (SSSR count). The van der Waals surface area contributed by atoms with Crippen LogP contribution in [0.1, 0.15) is 50.4 Å². The predicted octanol–water partition coefficient (Wildman–Crippen LogP) is 1.75. The number of hydrogen-bond acceptors (Lipinski definition) is 4. The molecule has 0 amide bonds. The summed E-state index contributed by atoms with van der Waals surface area (Å²) in [5, 5.41) is 4.54. The number of hydrogen-bond donors (Lipinski definition) is 0. The molecule has 1 aromatic heterocycles. The first-order valence-corrected chi connectivity index (χ1v) is 8.09. The van der Waals surface area contributed by atoms with Crippen LogP contribution in [-0.2, 0) is 17.7 Å². The third-order valence-corrected chi connectivity index (χ3v) is 4.41. The fourth-order valence-electron chi connectivity index (χ4n) is 3.24. The third kappa shape index (κ3) is 3.35. The van der Waals surface area contributed by atoms with Gasteiger partial charge in [-0.2, -0.15) is 5.10 Å². The van der Waals surface area contributed by atoms with Crippen molar-refractivity contribution in [3.8, 4) is 0 Å². The van der Waals surface area contributed by atoms with Crippen LogP contribution in [0.2, 0.25) is 0 Å². The Hall–Kier alpha value is -1.20. The Balaban J connectivity index is 1.70. The van der Waals surface area contributed by atoms with Gasteiger partial charge in [-0.1, -0.05) is 0 Å². The largest absolute Gasteiger partial charge is 0.377 e. The lowest BCUT2D eigenvalue weighted by Gasteiger charge is -2.33. The van der Waals surface area contributed by atoms with E-state index in [0.29, 0.717) is 6.10 Å². The highest BCUT2D eigenvalue weighted by atomic mass is 16.5. The average Bonchev–Trinajstić information content (AvgIpc) is 2.47. The van der Waals surface area contributed by atoms with Crippen molar-refractivity contribution < 1.29 is 4.74 Å². The van der Waals surface area contributed by atoms with Crippen molar-refractivity contribution in [3.05, 3.63) is 27.7 Å². The lowest BCUT2D eigenvalue weighted by Crippen LogP contribution is -2.40. The number of nitrogens with zero attached hydrogens (tertiary/aromatic N) is 3. The Morgan fingerprint density at radius 1 is 1.43 bits per heavy atom. The van der Waals surface area contributed by atoms with Crippen LogP contribution in [0.5, 0.6) is 0 Å². The van der Waals surface area contributed by atoms with Gasteiger partial charge in [0.15, 0.2) is 0 Å². The number of aromatic nitrogens is 2. The van der Waals surface area contributed by atoms with Crippen molar-refractivity contribution in [3.63, 3.8) is 0 Å². The molecule has 0 N–H and O–H groups in total. The van der Waals surface area contributed by atoms with Crippen LogP contribution in [-0.4, -0.2) is 40.5 Å². The van der Waals surface area contributed by atoms with E-state index >= 15 is 0 Å². The van der Waals surface area contributed by atoms with E-state index in [-0.39, 0.29) is 11.6 Å². The zero-order chi connectivity index (χ0) is 14.8. The van der Waals surface area contributed by atoms with E-state index in [0.717, 1.165) is 50.3 Å². The van der Waals surface area contributed by atoms with E-state index in [2.05, 4.69) is 10.00 Å². The van der Waals surface area contributed by atoms with Crippen LogP contribution in [0.4, 0.5) is 0 Å². The molecule has 0 saturated carbocycles. The van der Waals surface area contributed by atoms with Crippen LogP contribution in [0.25, 0.3) is 0 Å². The Kier molecular flexibility index (Phi) is 4.40. The molecule has 2 aliphatic rings. The second-order valence-electron chi connectivity index (χ2n) is 6.47. The smallest absolute Gasteiger partial charge is 0.267 e. The molecule has 0 bridgehead atoms. The van der Waals surface area contributed by atoms with Gasteiger partial charge in [-0.3, -0.25) is 9.69 Å². The van der Waals surface area contributed by atoms with Gasteiger partial charge in [0.2, 0.25) is 0 Å². The van der Waals surface area contributed by atoms with Crippen molar-refractivity contribution in [1.82, 2.24) is 14.7 Å². The molecular formula is C16H25N3O2. The van der Waals surface area contributed by atoms with Gasteiger partial charge in [0, 0.05) is 38.7 Å². The van der Waals surface area contributed by atoms with Gasteiger partial charge in [0.25, 0.3) is 5.56 Å².